The summed E-state index contributed by atoms with van der Waals surface area (Å²) < 4.78 is 11.3. The molecule has 9 heteroatoms. The molecule has 2 atom stereocenters. The summed E-state index contributed by atoms with van der Waals surface area (Å²) in [6.45, 7) is 10.1. The molecular formula is C37H44N4O4S. The molecule has 2 saturated heterocycles. The number of furan rings is 1. The number of hydrogen-bond donors (Lipinski definition) is 2. The van der Waals surface area contributed by atoms with Crippen LogP contribution in [0.2, 0.25) is 0 Å². The number of anilines is 2. The van der Waals surface area contributed by atoms with Gasteiger partial charge in [-0.2, -0.15) is 11.8 Å². The first kappa shape index (κ1) is 30.9. The van der Waals surface area contributed by atoms with Gasteiger partial charge in [0, 0.05) is 47.5 Å². The number of aryl methyl sites for hydroxylation is 1. The highest BCUT2D eigenvalue weighted by atomic mass is 32.2. The number of benzene rings is 2. The zero-order valence-corrected chi connectivity index (χ0v) is 27.8. The van der Waals surface area contributed by atoms with Crippen LogP contribution >= 0.6 is 11.8 Å². The van der Waals surface area contributed by atoms with Crippen molar-refractivity contribution in [3.8, 4) is 0 Å². The number of aromatic amines is 1. The summed E-state index contributed by atoms with van der Waals surface area (Å²) in [4.78, 5) is 36.8. The smallest absolute Gasteiger partial charge is 0.250 e. The Morgan fingerprint density at radius 3 is 2.48 bits per heavy atom. The Balaban J connectivity index is 1.16. The molecule has 2 aliphatic heterocycles. The molecule has 0 spiro atoms. The zero-order chi connectivity index (χ0) is 31.9. The molecule has 2 aromatic carbocycles. The number of thioether (sulfide) groups is 1. The number of carbonyl (C=O) groups is 2. The monoisotopic (exact) mass is 640 g/mol. The third-order valence-corrected chi connectivity index (χ3v) is 11.6. The van der Waals surface area contributed by atoms with Crippen LogP contribution in [-0.4, -0.2) is 65.0 Å². The highest BCUT2D eigenvalue weighted by molar-refractivity contribution is 7.99. The van der Waals surface area contributed by atoms with Gasteiger partial charge < -0.3 is 29.3 Å². The number of ether oxygens (including phenoxy) is 1. The van der Waals surface area contributed by atoms with Crippen LogP contribution in [0.1, 0.15) is 56.0 Å². The first-order chi connectivity index (χ1) is 22.3. The first-order valence-corrected chi connectivity index (χ1v) is 17.7. The van der Waals surface area contributed by atoms with Gasteiger partial charge in [-0.25, -0.2) is 0 Å². The Morgan fingerprint density at radius 1 is 1.02 bits per heavy atom. The molecule has 242 valence electrons. The topological polar surface area (TPSA) is 90.8 Å². The summed E-state index contributed by atoms with van der Waals surface area (Å²) in [5.41, 5.74) is 4.47. The number of aromatic nitrogens is 1. The molecule has 2 amide bonds. The quantitative estimate of drug-likeness (QED) is 0.205. The third kappa shape index (κ3) is 5.72. The average Bonchev–Trinajstić information content (AvgIpc) is 3.43. The number of H-pyrrole nitrogens is 1. The Labute approximate surface area is 275 Å². The van der Waals surface area contributed by atoms with Gasteiger partial charge in [-0.3, -0.25) is 9.59 Å². The van der Waals surface area contributed by atoms with Gasteiger partial charge in [0.2, 0.25) is 11.8 Å². The number of carbonyl (C=O) groups excluding carboxylic acids is 2. The molecule has 3 aliphatic rings. The first-order valence-electron chi connectivity index (χ1n) is 16.5. The van der Waals surface area contributed by atoms with Gasteiger partial charge in [0.25, 0.3) is 0 Å². The summed E-state index contributed by atoms with van der Waals surface area (Å²) in [6.07, 6.45) is 3.22. The van der Waals surface area contributed by atoms with E-state index < -0.39 is 5.54 Å². The van der Waals surface area contributed by atoms with E-state index in [1.54, 1.807) is 6.26 Å². The van der Waals surface area contributed by atoms with Crippen LogP contribution in [0.4, 0.5) is 11.4 Å². The van der Waals surface area contributed by atoms with E-state index in [-0.39, 0.29) is 35.6 Å². The third-order valence-electron chi connectivity index (χ3n) is 10.7. The number of nitrogens with one attached hydrogen (secondary N) is 2. The van der Waals surface area contributed by atoms with Gasteiger partial charge in [0.05, 0.1) is 26.0 Å². The molecule has 1 aliphatic carbocycles. The van der Waals surface area contributed by atoms with Crippen molar-refractivity contribution < 1.29 is 18.7 Å². The molecule has 1 saturated carbocycles. The normalized spacial score (nSPS) is 22.0. The second-order valence-electron chi connectivity index (χ2n) is 13.6. The lowest BCUT2D eigenvalue weighted by Crippen LogP contribution is -2.60. The van der Waals surface area contributed by atoms with E-state index in [0.29, 0.717) is 25.0 Å². The molecule has 2 N–H and O–H groups in total. The van der Waals surface area contributed by atoms with Crippen molar-refractivity contribution in [1.82, 2.24) is 9.88 Å². The maximum absolute atomic E-state index is 14.6. The van der Waals surface area contributed by atoms with E-state index in [1.807, 2.05) is 40.9 Å². The number of fused-ring (bicyclic) bond motifs is 1. The summed E-state index contributed by atoms with van der Waals surface area (Å²) in [5, 5.41) is 4.46. The van der Waals surface area contributed by atoms with Crippen LogP contribution in [0.15, 0.2) is 71.3 Å². The second-order valence-corrected chi connectivity index (χ2v) is 14.8. The lowest BCUT2D eigenvalue weighted by atomic mass is 9.87. The average molecular weight is 641 g/mol. The van der Waals surface area contributed by atoms with Crippen molar-refractivity contribution in [2.45, 2.75) is 58.0 Å². The Kier molecular flexibility index (Phi) is 8.40. The molecule has 2 aromatic heterocycles. The van der Waals surface area contributed by atoms with Gasteiger partial charge in [-0.05, 0) is 96.5 Å². The second kappa shape index (κ2) is 12.5. The predicted molar refractivity (Wildman–Crippen MR) is 184 cm³/mol. The van der Waals surface area contributed by atoms with E-state index in [2.05, 4.69) is 72.4 Å². The van der Waals surface area contributed by atoms with Gasteiger partial charge >= 0.3 is 0 Å². The summed E-state index contributed by atoms with van der Waals surface area (Å²) >= 11 is 1.84. The lowest BCUT2D eigenvalue weighted by molar-refractivity contribution is -0.148. The fraction of sp³-hybridized carbons (Fsp3) is 0.459. The highest BCUT2D eigenvalue weighted by Crippen LogP contribution is 2.67. The molecule has 0 bridgehead atoms. The molecule has 4 heterocycles. The SMILES string of the molecule is Cc1[nH]c2ccccc2c1[C@H]1[C@@H](CC(=O)N(Cc2ccco2)C2(C(=O)Nc3ccc(N4CCOCC4)cc3)CCSCC2)C1(C)C. The van der Waals surface area contributed by atoms with Crippen LogP contribution in [0, 0.1) is 18.3 Å². The van der Waals surface area contributed by atoms with E-state index in [0.717, 1.165) is 54.7 Å². The highest BCUT2D eigenvalue weighted by Gasteiger charge is 2.60. The van der Waals surface area contributed by atoms with Crippen LogP contribution in [0.5, 0.6) is 0 Å². The van der Waals surface area contributed by atoms with E-state index >= 15 is 0 Å². The van der Waals surface area contributed by atoms with Gasteiger partial charge in [-0.15, -0.1) is 0 Å². The van der Waals surface area contributed by atoms with Crippen molar-refractivity contribution in [3.05, 3.63) is 83.9 Å². The van der Waals surface area contributed by atoms with Gasteiger partial charge in [-0.1, -0.05) is 32.0 Å². The van der Waals surface area contributed by atoms with Crippen molar-refractivity contribution in [1.29, 1.82) is 0 Å². The molecule has 0 unspecified atom stereocenters. The number of rotatable bonds is 9. The minimum Gasteiger partial charge on any atom is -0.467 e. The largest absolute Gasteiger partial charge is 0.467 e. The number of amides is 2. The molecule has 4 aromatic rings. The van der Waals surface area contributed by atoms with Crippen LogP contribution in [0.3, 0.4) is 0 Å². The van der Waals surface area contributed by atoms with E-state index in [9.17, 15) is 9.59 Å². The minimum atomic E-state index is -0.969. The van der Waals surface area contributed by atoms with Gasteiger partial charge in [0.1, 0.15) is 11.3 Å². The summed E-state index contributed by atoms with van der Waals surface area (Å²) in [7, 11) is 0. The van der Waals surface area contributed by atoms with Crippen LogP contribution in [-0.2, 0) is 20.9 Å². The van der Waals surface area contributed by atoms with Crippen LogP contribution < -0.4 is 10.2 Å². The molecular weight excluding hydrogens is 596 g/mol. The van der Waals surface area contributed by atoms with Gasteiger partial charge in [0.15, 0.2) is 0 Å². The van der Waals surface area contributed by atoms with E-state index in [1.165, 1.54) is 16.6 Å². The molecule has 8 nitrogen and oxygen atoms in total. The summed E-state index contributed by atoms with van der Waals surface area (Å²) in [5.74, 6) is 2.64. The number of morpholine rings is 1. The summed E-state index contributed by atoms with van der Waals surface area (Å²) in [6, 6.07) is 20.2. The Hall–Kier alpha value is -3.69. The number of para-hydroxylation sites is 1. The maximum atomic E-state index is 14.6. The molecule has 3 fully saturated rings. The molecule has 46 heavy (non-hydrogen) atoms. The zero-order valence-electron chi connectivity index (χ0n) is 27.0. The van der Waals surface area contributed by atoms with Crippen molar-refractivity contribution in [2.75, 3.05) is 48.0 Å². The van der Waals surface area contributed by atoms with Crippen molar-refractivity contribution >= 4 is 45.9 Å². The maximum Gasteiger partial charge on any atom is 0.250 e. The lowest BCUT2D eigenvalue weighted by Gasteiger charge is -2.44. The van der Waals surface area contributed by atoms with Crippen molar-refractivity contribution in [3.63, 3.8) is 0 Å². The van der Waals surface area contributed by atoms with Crippen molar-refractivity contribution in [2.24, 2.45) is 11.3 Å². The predicted octanol–water partition coefficient (Wildman–Crippen LogP) is 6.97. The standard InChI is InChI=1S/C37H44N4O4S/c1-25-33(29-8-4-5-9-31(29)38-25)34-30(36(34,2)3)23-32(42)41(24-28-7-6-18-45-28)37(14-21-46-22-15-37)35(43)39-26-10-12-27(13-11-26)40-16-19-44-20-17-40/h4-13,18,30,34,38H,14-17,19-24H2,1-3H3,(H,39,43)/t30-,34-/m1/s1. The number of nitrogens with zero attached hydrogens (tertiary/aromatic N) is 2. The Bertz CT molecular complexity index is 1680. The fourth-order valence-electron chi connectivity index (χ4n) is 7.89. The molecule has 7 rings (SSSR count). The Morgan fingerprint density at radius 2 is 1.76 bits per heavy atom. The van der Waals surface area contributed by atoms with Crippen LogP contribution in [0.25, 0.3) is 10.9 Å². The fourth-order valence-corrected chi connectivity index (χ4v) is 9.05. The minimum absolute atomic E-state index is 0.0131. The van der Waals surface area contributed by atoms with E-state index in [4.69, 9.17) is 9.15 Å². The molecule has 0 radical (unpaired) electrons. The number of hydrogen-bond acceptors (Lipinski definition) is 6.